The number of hydrogen-bond acceptors (Lipinski definition) is 3. The second-order valence-corrected chi connectivity index (χ2v) is 5.21. The van der Waals surface area contributed by atoms with Crippen molar-refractivity contribution in [1.82, 2.24) is 5.43 Å². The van der Waals surface area contributed by atoms with Gasteiger partial charge in [-0.1, -0.05) is 48.0 Å². The first-order chi connectivity index (χ1) is 11.2. The molecule has 4 nitrogen and oxygen atoms in total. The molecule has 3 aromatic rings. The smallest absolute Gasteiger partial charge is 0.271 e. The van der Waals surface area contributed by atoms with Gasteiger partial charge in [0.1, 0.15) is 11.5 Å². The fraction of sp³-hybridized carbons (Fsp3) is 0. The van der Waals surface area contributed by atoms with Gasteiger partial charge in [-0.25, -0.2) is 5.43 Å². The molecule has 1 heterocycles. The molecule has 2 aromatic carbocycles. The SMILES string of the molecule is O=C(N/N=C\c1ccc(-c2ccccc2)o1)c1cccc(Cl)c1. The molecule has 114 valence electrons. The predicted octanol–water partition coefficient (Wildman–Crippen LogP) is 4.36. The molecule has 0 bridgehead atoms. The molecule has 0 unspecified atom stereocenters. The number of rotatable bonds is 4. The molecular weight excluding hydrogens is 312 g/mol. The molecule has 0 saturated heterocycles. The van der Waals surface area contributed by atoms with E-state index in [9.17, 15) is 4.79 Å². The fourth-order valence-corrected chi connectivity index (χ4v) is 2.22. The van der Waals surface area contributed by atoms with Crippen LogP contribution in [0.3, 0.4) is 0 Å². The highest BCUT2D eigenvalue weighted by molar-refractivity contribution is 6.30. The van der Waals surface area contributed by atoms with Crippen LogP contribution >= 0.6 is 11.6 Å². The van der Waals surface area contributed by atoms with Crippen LogP contribution in [0.25, 0.3) is 11.3 Å². The number of halogens is 1. The molecule has 0 saturated carbocycles. The molecule has 1 amide bonds. The normalized spacial score (nSPS) is 10.8. The Hall–Kier alpha value is -2.85. The van der Waals surface area contributed by atoms with Crippen molar-refractivity contribution in [3.05, 3.63) is 83.1 Å². The third-order valence-corrected chi connectivity index (χ3v) is 3.36. The van der Waals surface area contributed by atoms with E-state index < -0.39 is 0 Å². The second-order valence-electron chi connectivity index (χ2n) is 4.78. The van der Waals surface area contributed by atoms with Gasteiger partial charge in [-0.2, -0.15) is 5.10 Å². The van der Waals surface area contributed by atoms with Crippen LogP contribution in [-0.2, 0) is 0 Å². The Morgan fingerprint density at radius 1 is 1.04 bits per heavy atom. The van der Waals surface area contributed by atoms with Gasteiger partial charge in [0.05, 0.1) is 6.21 Å². The Bertz CT molecular complexity index is 841. The zero-order valence-corrected chi connectivity index (χ0v) is 12.8. The molecule has 23 heavy (non-hydrogen) atoms. The Labute approximate surface area is 138 Å². The first-order valence-electron chi connectivity index (χ1n) is 6.96. The minimum Gasteiger partial charge on any atom is -0.455 e. The Morgan fingerprint density at radius 3 is 2.65 bits per heavy atom. The highest BCUT2D eigenvalue weighted by Gasteiger charge is 2.05. The standard InChI is InChI=1S/C18H13ClN2O2/c19-15-8-4-7-14(11-15)18(22)21-20-12-16-9-10-17(23-16)13-5-2-1-3-6-13/h1-12H,(H,21,22)/b20-12-. The van der Waals surface area contributed by atoms with E-state index >= 15 is 0 Å². The molecule has 1 aromatic heterocycles. The summed E-state index contributed by atoms with van der Waals surface area (Å²) in [5.74, 6) is 0.960. The molecule has 0 radical (unpaired) electrons. The summed E-state index contributed by atoms with van der Waals surface area (Å²) in [5, 5.41) is 4.39. The van der Waals surface area contributed by atoms with Crippen LogP contribution in [0, 0.1) is 0 Å². The lowest BCUT2D eigenvalue weighted by Crippen LogP contribution is -2.17. The summed E-state index contributed by atoms with van der Waals surface area (Å²) >= 11 is 5.85. The van der Waals surface area contributed by atoms with Crippen molar-refractivity contribution in [2.24, 2.45) is 5.10 Å². The van der Waals surface area contributed by atoms with Crippen molar-refractivity contribution >= 4 is 23.7 Å². The maximum atomic E-state index is 11.9. The van der Waals surface area contributed by atoms with E-state index in [1.54, 1.807) is 30.3 Å². The van der Waals surface area contributed by atoms with Gasteiger partial charge >= 0.3 is 0 Å². The summed E-state index contributed by atoms with van der Waals surface area (Å²) in [5.41, 5.74) is 3.86. The first kappa shape index (κ1) is 15.1. The number of carbonyl (C=O) groups excluding carboxylic acids is 1. The number of benzene rings is 2. The summed E-state index contributed by atoms with van der Waals surface area (Å²) in [7, 11) is 0. The van der Waals surface area contributed by atoms with Gasteiger partial charge in [-0.05, 0) is 30.3 Å². The first-order valence-corrected chi connectivity index (χ1v) is 7.34. The van der Waals surface area contributed by atoms with E-state index in [2.05, 4.69) is 10.5 Å². The summed E-state index contributed by atoms with van der Waals surface area (Å²) < 4.78 is 5.65. The largest absolute Gasteiger partial charge is 0.455 e. The molecule has 0 aliphatic carbocycles. The molecule has 0 aliphatic heterocycles. The van der Waals surface area contributed by atoms with Gasteiger partial charge in [0.2, 0.25) is 0 Å². The zero-order chi connectivity index (χ0) is 16.1. The summed E-state index contributed by atoms with van der Waals surface area (Å²) in [6.45, 7) is 0. The number of furan rings is 1. The van der Waals surface area contributed by atoms with Gasteiger partial charge < -0.3 is 4.42 Å². The third-order valence-electron chi connectivity index (χ3n) is 3.13. The molecular formula is C18H13ClN2O2. The van der Waals surface area contributed by atoms with E-state index in [0.29, 0.717) is 16.3 Å². The lowest BCUT2D eigenvalue weighted by molar-refractivity contribution is 0.0955. The van der Waals surface area contributed by atoms with Crippen LogP contribution in [0.5, 0.6) is 0 Å². The third kappa shape index (κ3) is 3.87. The molecule has 0 spiro atoms. The number of nitrogens with one attached hydrogen (secondary N) is 1. The van der Waals surface area contributed by atoms with Gasteiger partial charge in [-0.15, -0.1) is 0 Å². The Morgan fingerprint density at radius 2 is 1.87 bits per heavy atom. The number of nitrogens with zero attached hydrogens (tertiary/aromatic N) is 1. The van der Waals surface area contributed by atoms with Crippen molar-refractivity contribution in [2.75, 3.05) is 0 Å². The lowest BCUT2D eigenvalue weighted by Gasteiger charge is -1.99. The number of carbonyl (C=O) groups is 1. The highest BCUT2D eigenvalue weighted by Crippen LogP contribution is 2.20. The van der Waals surface area contributed by atoms with Crippen molar-refractivity contribution in [1.29, 1.82) is 0 Å². The average molecular weight is 325 g/mol. The van der Waals surface area contributed by atoms with Crippen molar-refractivity contribution in [3.8, 4) is 11.3 Å². The maximum Gasteiger partial charge on any atom is 0.271 e. The minimum atomic E-state index is -0.335. The van der Waals surface area contributed by atoms with Gasteiger partial charge in [-0.3, -0.25) is 4.79 Å². The molecule has 0 fully saturated rings. The maximum absolute atomic E-state index is 11.9. The van der Waals surface area contributed by atoms with E-state index in [0.717, 1.165) is 11.3 Å². The molecule has 1 N–H and O–H groups in total. The molecule has 0 atom stereocenters. The van der Waals surface area contributed by atoms with E-state index in [1.165, 1.54) is 6.21 Å². The van der Waals surface area contributed by atoms with Crippen LogP contribution in [-0.4, -0.2) is 12.1 Å². The van der Waals surface area contributed by atoms with E-state index in [1.807, 2.05) is 36.4 Å². The van der Waals surface area contributed by atoms with Gasteiger partial charge in [0.15, 0.2) is 0 Å². The van der Waals surface area contributed by atoms with Gasteiger partial charge in [0.25, 0.3) is 5.91 Å². The average Bonchev–Trinajstić information content (AvgIpc) is 3.04. The monoisotopic (exact) mass is 324 g/mol. The minimum absolute atomic E-state index is 0.335. The predicted molar refractivity (Wildman–Crippen MR) is 90.7 cm³/mol. The van der Waals surface area contributed by atoms with Crippen LogP contribution in [0.1, 0.15) is 16.1 Å². The Balaban J connectivity index is 1.65. The summed E-state index contributed by atoms with van der Waals surface area (Å²) in [6, 6.07) is 20.0. The van der Waals surface area contributed by atoms with Crippen molar-refractivity contribution < 1.29 is 9.21 Å². The lowest BCUT2D eigenvalue weighted by atomic mass is 10.2. The van der Waals surface area contributed by atoms with E-state index in [-0.39, 0.29) is 5.91 Å². The highest BCUT2D eigenvalue weighted by atomic mass is 35.5. The summed E-state index contributed by atoms with van der Waals surface area (Å²) in [4.78, 5) is 11.9. The van der Waals surface area contributed by atoms with Crippen LogP contribution in [0.15, 0.2) is 76.2 Å². The van der Waals surface area contributed by atoms with Gasteiger partial charge in [0, 0.05) is 16.1 Å². The molecule has 5 heteroatoms. The van der Waals surface area contributed by atoms with E-state index in [4.69, 9.17) is 16.0 Å². The van der Waals surface area contributed by atoms with Crippen LogP contribution < -0.4 is 5.43 Å². The number of hydrazone groups is 1. The molecule has 3 rings (SSSR count). The fourth-order valence-electron chi connectivity index (χ4n) is 2.03. The van der Waals surface area contributed by atoms with Crippen molar-refractivity contribution in [3.63, 3.8) is 0 Å². The topological polar surface area (TPSA) is 54.6 Å². The second kappa shape index (κ2) is 6.94. The number of hydrogen-bond donors (Lipinski definition) is 1. The number of amides is 1. The zero-order valence-electron chi connectivity index (χ0n) is 12.1. The van der Waals surface area contributed by atoms with Crippen molar-refractivity contribution in [2.45, 2.75) is 0 Å². The van der Waals surface area contributed by atoms with Crippen LogP contribution in [0.4, 0.5) is 0 Å². The van der Waals surface area contributed by atoms with Crippen LogP contribution in [0.2, 0.25) is 5.02 Å². The molecule has 0 aliphatic rings. The summed E-state index contributed by atoms with van der Waals surface area (Å²) in [6.07, 6.45) is 1.45. The Kier molecular flexibility index (Phi) is 4.54. The quantitative estimate of drug-likeness (QED) is 0.572.